The van der Waals surface area contributed by atoms with Gasteiger partial charge in [-0.25, -0.2) is 0 Å². The molecule has 0 aliphatic heterocycles. The van der Waals surface area contributed by atoms with E-state index in [4.69, 9.17) is 0 Å². The summed E-state index contributed by atoms with van der Waals surface area (Å²) >= 11 is 3.44. The van der Waals surface area contributed by atoms with Crippen LogP contribution >= 0.6 is 15.9 Å². The topological polar surface area (TPSA) is 20.2 Å². The molecule has 1 aliphatic carbocycles. The molecule has 1 nitrogen and oxygen atoms in total. The molecule has 0 saturated heterocycles. The summed E-state index contributed by atoms with van der Waals surface area (Å²) in [5, 5.41) is 10.4. The van der Waals surface area contributed by atoms with Crippen molar-refractivity contribution in [1.29, 1.82) is 0 Å². The van der Waals surface area contributed by atoms with Crippen LogP contribution in [0.4, 0.5) is 0 Å². The zero-order chi connectivity index (χ0) is 13.0. The molecule has 100 valence electrons. The fraction of sp³-hybridized carbons (Fsp3) is 0.625. The van der Waals surface area contributed by atoms with Crippen molar-refractivity contribution in [2.24, 2.45) is 11.8 Å². The number of aliphatic hydroxyl groups excluding tert-OH is 1. The third-order valence-electron chi connectivity index (χ3n) is 4.30. The minimum Gasteiger partial charge on any atom is -0.392 e. The van der Waals surface area contributed by atoms with Crippen LogP contribution in [0.2, 0.25) is 0 Å². The van der Waals surface area contributed by atoms with Gasteiger partial charge in [-0.3, -0.25) is 0 Å². The van der Waals surface area contributed by atoms with Crippen molar-refractivity contribution in [3.05, 3.63) is 34.3 Å². The van der Waals surface area contributed by atoms with Crippen LogP contribution in [0, 0.1) is 11.8 Å². The fourth-order valence-electron chi connectivity index (χ4n) is 3.08. The quantitative estimate of drug-likeness (QED) is 0.863. The van der Waals surface area contributed by atoms with Gasteiger partial charge in [0.2, 0.25) is 0 Å². The van der Waals surface area contributed by atoms with E-state index in [1.807, 2.05) is 0 Å². The molecule has 0 amide bonds. The first-order valence-electron chi connectivity index (χ1n) is 7.11. The van der Waals surface area contributed by atoms with E-state index in [0.717, 1.165) is 16.8 Å². The van der Waals surface area contributed by atoms with Gasteiger partial charge >= 0.3 is 0 Å². The molecule has 1 N–H and O–H groups in total. The van der Waals surface area contributed by atoms with Crippen molar-refractivity contribution in [2.45, 2.75) is 51.6 Å². The molecule has 0 spiro atoms. The van der Waals surface area contributed by atoms with Gasteiger partial charge < -0.3 is 5.11 Å². The Morgan fingerprint density at radius 2 is 2.00 bits per heavy atom. The minimum absolute atomic E-state index is 0.166. The summed E-state index contributed by atoms with van der Waals surface area (Å²) < 4.78 is 1.10. The Hall–Kier alpha value is -0.340. The molecular formula is C16H23BrO. The van der Waals surface area contributed by atoms with Gasteiger partial charge in [0.15, 0.2) is 0 Å². The molecule has 18 heavy (non-hydrogen) atoms. The van der Waals surface area contributed by atoms with Crippen molar-refractivity contribution >= 4 is 15.9 Å². The highest BCUT2D eigenvalue weighted by molar-refractivity contribution is 9.10. The van der Waals surface area contributed by atoms with E-state index in [-0.39, 0.29) is 6.10 Å². The van der Waals surface area contributed by atoms with E-state index < -0.39 is 0 Å². The molecule has 0 bridgehead atoms. The average molecular weight is 311 g/mol. The number of hydrogen-bond acceptors (Lipinski definition) is 1. The van der Waals surface area contributed by atoms with E-state index in [1.54, 1.807) is 0 Å². The van der Waals surface area contributed by atoms with Crippen LogP contribution in [0.25, 0.3) is 0 Å². The lowest BCUT2D eigenvalue weighted by molar-refractivity contribution is 0.0685. The standard InChI is InChI=1S/C16H23BrO/c1-2-12-4-3-5-14(10-12)16(18)11-13-6-8-15(17)9-7-13/h6-9,12,14,16,18H,2-5,10-11H2,1H3. The summed E-state index contributed by atoms with van der Waals surface area (Å²) in [6, 6.07) is 8.32. The second-order valence-electron chi connectivity index (χ2n) is 5.60. The molecule has 1 aromatic rings. The second-order valence-corrected chi connectivity index (χ2v) is 6.51. The Labute approximate surface area is 119 Å². The van der Waals surface area contributed by atoms with E-state index in [2.05, 4.69) is 47.1 Å². The van der Waals surface area contributed by atoms with Crippen molar-refractivity contribution in [3.8, 4) is 0 Å². The largest absolute Gasteiger partial charge is 0.392 e. The monoisotopic (exact) mass is 310 g/mol. The Morgan fingerprint density at radius 3 is 2.67 bits per heavy atom. The lowest BCUT2D eigenvalue weighted by atomic mass is 9.76. The average Bonchev–Trinajstić information content (AvgIpc) is 2.41. The van der Waals surface area contributed by atoms with E-state index in [9.17, 15) is 5.11 Å². The van der Waals surface area contributed by atoms with Crippen LogP contribution in [-0.2, 0) is 6.42 Å². The summed E-state index contributed by atoms with van der Waals surface area (Å²) in [6.45, 7) is 2.27. The summed E-state index contributed by atoms with van der Waals surface area (Å²) in [5.74, 6) is 1.34. The first-order valence-corrected chi connectivity index (χ1v) is 7.91. The van der Waals surface area contributed by atoms with Crippen molar-refractivity contribution in [1.82, 2.24) is 0 Å². The first kappa shape index (κ1) is 14.1. The van der Waals surface area contributed by atoms with Crippen LogP contribution in [0.5, 0.6) is 0 Å². The molecule has 1 aliphatic rings. The van der Waals surface area contributed by atoms with E-state index >= 15 is 0 Å². The summed E-state index contributed by atoms with van der Waals surface area (Å²) in [7, 11) is 0. The van der Waals surface area contributed by atoms with Crippen LogP contribution in [0.3, 0.4) is 0 Å². The number of halogens is 1. The van der Waals surface area contributed by atoms with Gasteiger partial charge in [0, 0.05) is 4.47 Å². The molecule has 3 atom stereocenters. The lowest BCUT2D eigenvalue weighted by Crippen LogP contribution is -2.28. The number of benzene rings is 1. The first-order chi connectivity index (χ1) is 8.69. The molecule has 1 aromatic carbocycles. The third-order valence-corrected chi connectivity index (χ3v) is 4.83. The van der Waals surface area contributed by atoms with Crippen molar-refractivity contribution in [3.63, 3.8) is 0 Å². The summed E-state index contributed by atoms with van der Waals surface area (Å²) in [5.41, 5.74) is 1.24. The van der Waals surface area contributed by atoms with E-state index in [0.29, 0.717) is 5.92 Å². The van der Waals surface area contributed by atoms with Crippen molar-refractivity contribution < 1.29 is 5.11 Å². The van der Waals surface area contributed by atoms with Gasteiger partial charge in [0.25, 0.3) is 0 Å². The maximum absolute atomic E-state index is 10.4. The molecule has 0 aromatic heterocycles. The lowest BCUT2D eigenvalue weighted by Gasteiger charge is -2.31. The van der Waals surface area contributed by atoms with Crippen LogP contribution in [0.1, 0.15) is 44.6 Å². The Kier molecular flexibility index (Phi) is 5.25. The summed E-state index contributed by atoms with van der Waals surface area (Å²) in [6.07, 6.45) is 6.97. The van der Waals surface area contributed by atoms with Crippen molar-refractivity contribution in [2.75, 3.05) is 0 Å². The third kappa shape index (κ3) is 3.83. The molecule has 2 heteroatoms. The fourth-order valence-corrected chi connectivity index (χ4v) is 3.35. The Morgan fingerprint density at radius 1 is 1.28 bits per heavy atom. The number of rotatable bonds is 4. The molecular weight excluding hydrogens is 288 g/mol. The highest BCUT2D eigenvalue weighted by atomic mass is 79.9. The van der Waals surface area contributed by atoms with Crippen LogP contribution in [0.15, 0.2) is 28.7 Å². The Bertz CT molecular complexity index is 360. The normalized spacial score (nSPS) is 25.9. The van der Waals surface area contributed by atoms with E-state index in [1.165, 1.54) is 37.7 Å². The predicted molar refractivity (Wildman–Crippen MR) is 79.6 cm³/mol. The molecule has 0 heterocycles. The zero-order valence-electron chi connectivity index (χ0n) is 11.1. The highest BCUT2D eigenvalue weighted by Gasteiger charge is 2.26. The van der Waals surface area contributed by atoms with Crippen LogP contribution < -0.4 is 0 Å². The smallest absolute Gasteiger partial charge is 0.0608 e. The van der Waals surface area contributed by atoms with Gasteiger partial charge in [0.1, 0.15) is 0 Å². The van der Waals surface area contributed by atoms with Gasteiger partial charge in [-0.1, -0.05) is 54.2 Å². The van der Waals surface area contributed by atoms with Gasteiger partial charge in [0.05, 0.1) is 6.10 Å². The highest BCUT2D eigenvalue weighted by Crippen LogP contribution is 2.33. The summed E-state index contributed by atoms with van der Waals surface area (Å²) in [4.78, 5) is 0. The second kappa shape index (κ2) is 6.72. The molecule has 0 radical (unpaired) electrons. The molecule has 1 fully saturated rings. The predicted octanol–water partition coefficient (Wildman–Crippen LogP) is 4.57. The maximum atomic E-state index is 10.4. The Balaban J connectivity index is 1.90. The number of aliphatic hydroxyl groups is 1. The zero-order valence-corrected chi connectivity index (χ0v) is 12.7. The van der Waals surface area contributed by atoms with Gasteiger partial charge in [-0.15, -0.1) is 0 Å². The van der Waals surface area contributed by atoms with Crippen LogP contribution in [-0.4, -0.2) is 11.2 Å². The molecule has 1 saturated carbocycles. The van der Waals surface area contributed by atoms with Gasteiger partial charge in [-0.05, 0) is 48.8 Å². The minimum atomic E-state index is -0.166. The molecule has 3 unspecified atom stereocenters. The van der Waals surface area contributed by atoms with Gasteiger partial charge in [-0.2, -0.15) is 0 Å². The maximum Gasteiger partial charge on any atom is 0.0608 e. The number of hydrogen-bond donors (Lipinski definition) is 1. The SMILES string of the molecule is CCC1CCCC(C(O)Cc2ccc(Br)cc2)C1. The molecule has 2 rings (SSSR count).